The normalized spacial score (nSPS) is 21.6. The monoisotopic (exact) mass is 428 g/mol. The van der Waals surface area contributed by atoms with Crippen molar-refractivity contribution in [2.45, 2.75) is 31.5 Å². The highest BCUT2D eigenvalue weighted by Crippen LogP contribution is 2.34. The third-order valence-corrected chi connectivity index (χ3v) is 5.92. The average Bonchev–Trinajstić information content (AvgIpc) is 3.40. The summed E-state index contributed by atoms with van der Waals surface area (Å²) in [6, 6.07) is 7.14. The van der Waals surface area contributed by atoms with E-state index in [-0.39, 0.29) is 14.8 Å². The molecule has 8 nitrogen and oxygen atoms in total. The quantitative estimate of drug-likeness (QED) is 0.650. The number of carbonyl (C=O) groups is 1. The van der Waals surface area contributed by atoms with Crippen molar-refractivity contribution in [1.82, 2.24) is 19.7 Å². The Morgan fingerprint density at radius 3 is 3.06 bits per heavy atom. The second-order valence-electron chi connectivity index (χ2n) is 7.92. The Hall–Kier alpha value is -3.20. The first-order valence-electron chi connectivity index (χ1n) is 10.6. The summed E-state index contributed by atoms with van der Waals surface area (Å²) in [5, 5.41) is 6.42. The zero-order valence-corrected chi connectivity index (χ0v) is 17.3. The summed E-state index contributed by atoms with van der Waals surface area (Å²) in [6.45, 7) is 1.93. The molecule has 3 aromatic heterocycles. The van der Waals surface area contributed by atoms with Crippen LogP contribution in [-0.4, -0.2) is 59.2 Å². The largest absolute Gasteiger partial charge is 0.494 e. The highest BCUT2D eigenvalue weighted by Gasteiger charge is 2.26. The molecule has 166 valence electrons. The van der Waals surface area contributed by atoms with Gasteiger partial charge in [-0.3, -0.25) is 9.20 Å². The van der Waals surface area contributed by atoms with Crippen molar-refractivity contribution in [3.8, 4) is 17.1 Å². The van der Waals surface area contributed by atoms with Crippen molar-refractivity contribution in [3.05, 3.63) is 36.7 Å². The summed E-state index contributed by atoms with van der Waals surface area (Å²) in [7, 11) is 1.59. The van der Waals surface area contributed by atoms with E-state index in [9.17, 15) is 9.18 Å². The van der Waals surface area contributed by atoms with E-state index in [1.54, 1.807) is 18.2 Å². The van der Waals surface area contributed by atoms with Crippen LogP contribution in [0.2, 0.25) is 0 Å². The van der Waals surface area contributed by atoms with Crippen LogP contribution in [0.25, 0.3) is 17.0 Å². The number of halogens is 1. The first-order chi connectivity index (χ1) is 15.1. The van der Waals surface area contributed by atoms with Gasteiger partial charge < -0.3 is 20.3 Å². The summed E-state index contributed by atoms with van der Waals surface area (Å²) in [4.78, 5) is 23.3. The highest BCUT2D eigenvalue weighted by molar-refractivity contribution is 5.97. The molecular weight excluding hydrogens is 399 g/mol. The predicted octanol–water partition coefficient (Wildman–Crippen LogP) is 3.14. The molecule has 1 amide bonds. The number of pyridine rings is 2. The Kier molecular flexibility index (Phi) is 5.19. The summed E-state index contributed by atoms with van der Waals surface area (Å²) < 4.78 is 21.7. The smallest absolute Gasteiger partial charge is 0.227 e. The Morgan fingerprint density at radius 2 is 2.29 bits per heavy atom. The minimum atomic E-state index is -0.907. The van der Waals surface area contributed by atoms with Crippen molar-refractivity contribution in [2.24, 2.45) is 0 Å². The third kappa shape index (κ3) is 3.69. The van der Waals surface area contributed by atoms with Crippen LogP contribution in [-0.2, 0) is 4.79 Å². The molecule has 3 aromatic rings. The van der Waals surface area contributed by atoms with E-state index in [1.165, 1.54) is 0 Å². The van der Waals surface area contributed by atoms with Crippen LogP contribution in [0, 0.1) is 0 Å². The predicted molar refractivity (Wildman–Crippen MR) is 121 cm³/mol. The summed E-state index contributed by atoms with van der Waals surface area (Å²) in [5.74, 6) is 1.32. The maximum Gasteiger partial charge on any atom is 0.227 e. The van der Waals surface area contributed by atoms with E-state index in [0.29, 0.717) is 55.4 Å². The van der Waals surface area contributed by atoms with Crippen LogP contribution in [0.1, 0.15) is 22.1 Å². The summed E-state index contributed by atoms with van der Waals surface area (Å²) >= 11 is 0. The van der Waals surface area contributed by atoms with Gasteiger partial charge in [-0.15, -0.1) is 0 Å². The molecule has 9 heteroatoms. The van der Waals surface area contributed by atoms with E-state index in [1.807, 2.05) is 34.9 Å². The zero-order valence-electron chi connectivity index (χ0n) is 17.3. The number of ether oxygens (including phenoxy) is 1. The molecule has 0 aromatic carbocycles. The molecule has 2 aliphatic heterocycles. The Balaban J connectivity index is 0.00000153. The van der Waals surface area contributed by atoms with E-state index in [0.717, 1.165) is 17.8 Å². The van der Waals surface area contributed by atoms with Crippen molar-refractivity contribution in [1.29, 1.82) is 0 Å². The van der Waals surface area contributed by atoms with Gasteiger partial charge in [-0.05, 0) is 31.5 Å². The number of nitrogens with one attached hydrogen (secondary N) is 2. The van der Waals surface area contributed by atoms with Crippen LogP contribution in [0.15, 0.2) is 36.7 Å². The van der Waals surface area contributed by atoms with E-state index < -0.39 is 6.17 Å². The van der Waals surface area contributed by atoms with Gasteiger partial charge in [0.05, 0.1) is 30.7 Å². The van der Waals surface area contributed by atoms with Crippen molar-refractivity contribution < 1.29 is 16.8 Å². The Bertz CT molecular complexity index is 1130. The van der Waals surface area contributed by atoms with Gasteiger partial charge in [-0.1, -0.05) is 6.07 Å². The third-order valence-electron chi connectivity index (χ3n) is 5.92. The second kappa shape index (κ2) is 8.14. The molecule has 0 spiro atoms. The maximum absolute atomic E-state index is 14.2. The lowest BCUT2D eigenvalue weighted by Gasteiger charge is -2.28. The highest BCUT2D eigenvalue weighted by atomic mass is 19.1. The molecule has 0 aliphatic carbocycles. The number of imidazole rings is 1. The molecule has 31 heavy (non-hydrogen) atoms. The number of piperidine rings is 1. The fourth-order valence-corrected chi connectivity index (χ4v) is 4.27. The molecule has 0 saturated carbocycles. The number of fused-ring (bicyclic) bond motifs is 1. The van der Waals surface area contributed by atoms with Crippen LogP contribution in [0.4, 0.5) is 15.9 Å². The number of carbonyl (C=O) groups excluding carboxylic acids is 1. The second-order valence-corrected chi connectivity index (χ2v) is 7.92. The van der Waals surface area contributed by atoms with Gasteiger partial charge in [0.2, 0.25) is 5.91 Å². The molecule has 0 unspecified atom stereocenters. The molecular formula is C22H29FN6O2. The number of aromatic nitrogens is 3. The van der Waals surface area contributed by atoms with Crippen LogP contribution in [0.5, 0.6) is 5.75 Å². The number of rotatable bonds is 5. The number of methoxy groups -OCH3 is 1. The van der Waals surface area contributed by atoms with E-state index in [4.69, 9.17) is 9.72 Å². The minimum absolute atomic E-state index is 0. The molecule has 0 radical (unpaired) electrons. The summed E-state index contributed by atoms with van der Waals surface area (Å²) in [5.41, 5.74) is 2.91. The van der Waals surface area contributed by atoms with Gasteiger partial charge in [0.1, 0.15) is 29.1 Å². The van der Waals surface area contributed by atoms with Crippen molar-refractivity contribution in [3.63, 3.8) is 0 Å². The zero-order chi connectivity index (χ0) is 21.4. The van der Waals surface area contributed by atoms with Crippen LogP contribution >= 0.6 is 0 Å². The van der Waals surface area contributed by atoms with Crippen molar-refractivity contribution >= 4 is 23.1 Å². The molecule has 2 atom stereocenters. The topological polar surface area (TPSA) is 83.8 Å². The number of hydrogen-bond acceptors (Lipinski definition) is 6. The maximum atomic E-state index is 14.2. The lowest BCUT2D eigenvalue weighted by Crippen LogP contribution is -2.46. The molecule has 2 aliphatic rings. The molecule has 0 bridgehead atoms. The lowest BCUT2D eigenvalue weighted by molar-refractivity contribution is -0.117. The van der Waals surface area contributed by atoms with E-state index >= 15 is 0 Å². The Morgan fingerprint density at radius 1 is 1.39 bits per heavy atom. The number of alkyl halides is 1. The van der Waals surface area contributed by atoms with Gasteiger partial charge in [-0.2, -0.15) is 0 Å². The fourth-order valence-electron chi connectivity index (χ4n) is 4.27. The van der Waals surface area contributed by atoms with Crippen LogP contribution < -0.4 is 20.3 Å². The van der Waals surface area contributed by atoms with Crippen molar-refractivity contribution in [2.75, 3.05) is 37.0 Å². The van der Waals surface area contributed by atoms with Gasteiger partial charge in [0.15, 0.2) is 0 Å². The molecule has 5 heterocycles. The minimum Gasteiger partial charge on any atom is -0.494 e. The molecule has 2 N–H and O–H groups in total. The first kappa shape index (κ1) is 19.7. The van der Waals surface area contributed by atoms with Gasteiger partial charge >= 0.3 is 0 Å². The lowest BCUT2D eigenvalue weighted by atomic mass is 10.1. The first-order valence-corrected chi connectivity index (χ1v) is 10.6. The number of nitrogens with zero attached hydrogens (tertiary/aromatic N) is 4. The molecule has 2 saturated heterocycles. The van der Waals surface area contributed by atoms with Crippen LogP contribution in [0.3, 0.4) is 0 Å². The molecule has 5 rings (SSSR count). The standard InChI is InChI=1S/C22H25FN6O2.2H2/c1-31-19-10-21-25-12-17(29(21)13-18(19)28-9-3-6-22(28)30)15-4-2-5-20(26-15)27-16-11-24-8-7-14(16)23;;/h2,4-5,10,12-14,16,24H,3,6-9,11H2,1H3,(H,26,27);2*1H/t14-,16-;;/m0../s1. The number of hydrogen-bond donors (Lipinski definition) is 2. The summed E-state index contributed by atoms with van der Waals surface area (Å²) in [6.07, 6.45) is 4.58. The average molecular weight is 429 g/mol. The Labute approximate surface area is 182 Å². The number of amides is 1. The van der Waals surface area contributed by atoms with Gasteiger partial charge in [0.25, 0.3) is 0 Å². The van der Waals surface area contributed by atoms with Gasteiger partial charge in [0, 0.05) is 34.6 Å². The SMILES string of the molecule is COc1cc2ncc(-c3cccc(N[C@H]4CNCC[C@@H]4F)n3)n2cc1N1CCCC1=O.[HH].[HH]. The number of anilines is 2. The van der Waals surface area contributed by atoms with E-state index in [2.05, 4.69) is 15.6 Å². The van der Waals surface area contributed by atoms with Gasteiger partial charge in [-0.25, -0.2) is 14.4 Å². The fraction of sp³-hybridized carbons (Fsp3) is 0.409. The molecule has 2 fully saturated rings.